The Kier molecular flexibility index (Phi) is 1.65. The highest BCUT2D eigenvalue weighted by Gasteiger charge is 2.11. The predicted molar refractivity (Wildman–Crippen MR) is 45.9 cm³/mol. The van der Waals surface area contributed by atoms with Crippen LogP contribution in [0.3, 0.4) is 0 Å². The maximum absolute atomic E-state index is 13.1. The van der Waals surface area contributed by atoms with Crippen molar-refractivity contribution < 1.29 is 8.78 Å². The summed E-state index contributed by atoms with van der Waals surface area (Å²) in [6, 6.07) is 3.22. The van der Waals surface area contributed by atoms with Crippen molar-refractivity contribution in [3.8, 4) is 0 Å². The molecule has 0 bridgehead atoms. The first-order valence-electron chi connectivity index (χ1n) is 3.30. The van der Waals surface area contributed by atoms with Crippen molar-refractivity contribution in [3.05, 3.63) is 34.4 Å². The lowest BCUT2D eigenvalue weighted by Crippen LogP contribution is -1.86. The van der Waals surface area contributed by atoms with E-state index in [0.717, 1.165) is 0 Å². The van der Waals surface area contributed by atoms with E-state index in [1.165, 1.54) is 6.07 Å². The summed E-state index contributed by atoms with van der Waals surface area (Å²) < 4.78 is 26.1. The van der Waals surface area contributed by atoms with Crippen LogP contribution >= 0.6 is 15.9 Å². The van der Waals surface area contributed by atoms with Crippen molar-refractivity contribution in [2.45, 2.75) is 0 Å². The first kappa shape index (κ1) is 7.73. The minimum atomic E-state index is -0.857. The lowest BCUT2D eigenvalue weighted by molar-refractivity contribution is 0.511. The second kappa shape index (κ2) is 2.55. The maximum Gasteiger partial charge on any atom is 0.183 e. The van der Waals surface area contributed by atoms with Gasteiger partial charge in [-0.25, -0.2) is 8.78 Å². The van der Waals surface area contributed by atoms with E-state index in [1.54, 1.807) is 12.3 Å². The molecule has 0 fully saturated rings. The van der Waals surface area contributed by atoms with Gasteiger partial charge in [0.1, 0.15) is 0 Å². The molecule has 0 radical (unpaired) electrons. The van der Waals surface area contributed by atoms with E-state index in [9.17, 15) is 8.78 Å². The first-order chi connectivity index (χ1) is 5.70. The summed E-state index contributed by atoms with van der Waals surface area (Å²) in [5.74, 6) is -1.70. The first-order valence-corrected chi connectivity index (χ1v) is 4.10. The van der Waals surface area contributed by atoms with Crippen LogP contribution in [0.2, 0.25) is 0 Å². The van der Waals surface area contributed by atoms with Gasteiger partial charge >= 0.3 is 0 Å². The third-order valence-electron chi connectivity index (χ3n) is 1.68. The van der Waals surface area contributed by atoms with Gasteiger partial charge in [-0.2, -0.15) is 0 Å². The van der Waals surface area contributed by atoms with Gasteiger partial charge in [0.2, 0.25) is 0 Å². The van der Waals surface area contributed by atoms with E-state index in [1.807, 2.05) is 0 Å². The van der Waals surface area contributed by atoms with E-state index in [-0.39, 0.29) is 9.99 Å². The van der Waals surface area contributed by atoms with Crippen LogP contribution in [0, 0.1) is 11.6 Å². The van der Waals surface area contributed by atoms with E-state index in [2.05, 4.69) is 20.9 Å². The minimum absolute atomic E-state index is 0.145. The van der Waals surface area contributed by atoms with Crippen LogP contribution in [0.5, 0.6) is 0 Å². The lowest BCUT2D eigenvalue weighted by Gasteiger charge is -1.97. The molecule has 4 heteroatoms. The number of H-pyrrole nitrogens is 1. The number of aromatic nitrogens is 1. The number of rotatable bonds is 0. The highest BCUT2D eigenvalue weighted by molar-refractivity contribution is 9.10. The van der Waals surface area contributed by atoms with Crippen LogP contribution in [-0.4, -0.2) is 4.98 Å². The Bertz CT molecular complexity index is 436. The summed E-state index contributed by atoms with van der Waals surface area (Å²) in [4.78, 5) is 2.62. The van der Waals surface area contributed by atoms with Crippen LogP contribution in [0.15, 0.2) is 22.8 Å². The molecule has 0 spiro atoms. The molecule has 0 aliphatic carbocycles. The SMILES string of the molecule is Fc1c(Br)cc2cc[nH]c2c1F. The van der Waals surface area contributed by atoms with E-state index in [4.69, 9.17) is 0 Å². The molecule has 2 rings (SSSR count). The molecular weight excluding hydrogens is 228 g/mol. The summed E-state index contributed by atoms with van der Waals surface area (Å²) in [6.45, 7) is 0. The second-order valence-corrected chi connectivity index (χ2v) is 3.28. The van der Waals surface area contributed by atoms with Gasteiger partial charge in [-0.1, -0.05) is 0 Å². The highest BCUT2D eigenvalue weighted by atomic mass is 79.9. The van der Waals surface area contributed by atoms with Crippen molar-refractivity contribution in [1.29, 1.82) is 0 Å². The molecule has 1 aromatic carbocycles. The lowest BCUT2D eigenvalue weighted by atomic mass is 10.2. The Morgan fingerprint density at radius 1 is 1.25 bits per heavy atom. The molecule has 0 saturated heterocycles. The van der Waals surface area contributed by atoms with Crippen molar-refractivity contribution in [2.75, 3.05) is 0 Å². The Balaban J connectivity index is 2.94. The third kappa shape index (κ3) is 0.948. The highest BCUT2D eigenvalue weighted by Crippen LogP contribution is 2.25. The molecule has 0 saturated carbocycles. The van der Waals surface area contributed by atoms with Crippen LogP contribution in [0.25, 0.3) is 10.9 Å². The number of benzene rings is 1. The quantitative estimate of drug-likeness (QED) is 0.671. The van der Waals surface area contributed by atoms with Gasteiger partial charge in [0.25, 0.3) is 0 Å². The van der Waals surface area contributed by atoms with Crippen LogP contribution in [-0.2, 0) is 0 Å². The van der Waals surface area contributed by atoms with Gasteiger partial charge in [0, 0.05) is 11.6 Å². The van der Waals surface area contributed by atoms with Crippen LogP contribution < -0.4 is 0 Å². The van der Waals surface area contributed by atoms with Crippen LogP contribution in [0.4, 0.5) is 8.78 Å². The standard InChI is InChI=1S/C8H4BrF2N/c9-5-3-4-1-2-12-8(4)7(11)6(5)10/h1-3,12H. The summed E-state index contributed by atoms with van der Waals surface area (Å²) in [7, 11) is 0. The molecule has 1 heterocycles. The number of hydrogen-bond acceptors (Lipinski definition) is 0. The average molecular weight is 232 g/mol. The number of halogens is 3. The van der Waals surface area contributed by atoms with Gasteiger partial charge in [-0.3, -0.25) is 0 Å². The molecular formula is C8H4BrF2N. The van der Waals surface area contributed by atoms with Gasteiger partial charge < -0.3 is 4.98 Å². The number of aromatic amines is 1. The fourth-order valence-corrected chi connectivity index (χ4v) is 1.53. The van der Waals surface area contributed by atoms with Crippen molar-refractivity contribution in [3.63, 3.8) is 0 Å². The number of fused-ring (bicyclic) bond motifs is 1. The van der Waals surface area contributed by atoms with Crippen LogP contribution in [0.1, 0.15) is 0 Å². The third-order valence-corrected chi connectivity index (χ3v) is 2.26. The molecule has 1 N–H and O–H groups in total. The summed E-state index contributed by atoms with van der Waals surface area (Å²) in [5, 5.41) is 0.653. The normalized spacial score (nSPS) is 10.9. The average Bonchev–Trinajstić information content (AvgIpc) is 2.48. The topological polar surface area (TPSA) is 15.8 Å². The molecule has 0 atom stereocenters. The monoisotopic (exact) mass is 231 g/mol. The number of nitrogens with one attached hydrogen (secondary N) is 1. The largest absolute Gasteiger partial charge is 0.359 e. The van der Waals surface area contributed by atoms with Gasteiger partial charge in [0.15, 0.2) is 11.6 Å². The Labute approximate surface area is 75.5 Å². The molecule has 62 valence electrons. The molecule has 2 aromatic rings. The summed E-state index contributed by atoms with van der Waals surface area (Å²) >= 11 is 2.92. The Morgan fingerprint density at radius 2 is 2.00 bits per heavy atom. The smallest absolute Gasteiger partial charge is 0.183 e. The fraction of sp³-hybridized carbons (Fsp3) is 0. The Hall–Kier alpha value is -0.900. The van der Waals surface area contributed by atoms with E-state index < -0.39 is 11.6 Å². The minimum Gasteiger partial charge on any atom is -0.359 e. The molecule has 0 aliphatic heterocycles. The zero-order chi connectivity index (χ0) is 8.72. The molecule has 12 heavy (non-hydrogen) atoms. The molecule has 0 unspecified atom stereocenters. The van der Waals surface area contributed by atoms with Crippen molar-refractivity contribution in [1.82, 2.24) is 4.98 Å². The van der Waals surface area contributed by atoms with Gasteiger partial charge in [-0.15, -0.1) is 0 Å². The van der Waals surface area contributed by atoms with Crippen molar-refractivity contribution in [2.24, 2.45) is 0 Å². The van der Waals surface area contributed by atoms with Gasteiger partial charge in [-0.05, 0) is 28.1 Å². The summed E-state index contributed by atoms with van der Waals surface area (Å²) in [6.07, 6.45) is 1.57. The van der Waals surface area contributed by atoms with E-state index >= 15 is 0 Å². The fourth-order valence-electron chi connectivity index (χ4n) is 1.11. The summed E-state index contributed by atoms with van der Waals surface area (Å²) in [5.41, 5.74) is 0.204. The van der Waals surface area contributed by atoms with Gasteiger partial charge in [0.05, 0.1) is 9.99 Å². The molecule has 0 aliphatic rings. The Morgan fingerprint density at radius 3 is 2.75 bits per heavy atom. The molecule has 1 nitrogen and oxygen atoms in total. The predicted octanol–water partition coefficient (Wildman–Crippen LogP) is 3.21. The van der Waals surface area contributed by atoms with E-state index in [0.29, 0.717) is 5.39 Å². The van der Waals surface area contributed by atoms with Crippen molar-refractivity contribution >= 4 is 26.8 Å². The molecule has 0 amide bonds. The zero-order valence-electron chi connectivity index (χ0n) is 5.87. The molecule has 1 aromatic heterocycles. The second-order valence-electron chi connectivity index (χ2n) is 2.43. The number of hydrogen-bond donors (Lipinski definition) is 1. The maximum atomic E-state index is 13.1. The zero-order valence-corrected chi connectivity index (χ0v) is 7.45.